The van der Waals surface area contributed by atoms with Crippen LogP contribution in [0.15, 0.2) is 46.9 Å². The lowest BCUT2D eigenvalue weighted by Crippen LogP contribution is -2.18. The van der Waals surface area contributed by atoms with Crippen molar-refractivity contribution < 1.29 is 9.53 Å². The van der Waals surface area contributed by atoms with E-state index in [0.29, 0.717) is 10.6 Å². The van der Waals surface area contributed by atoms with Crippen LogP contribution in [0.2, 0.25) is 0 Å². The molecule has 2 aromatic rings. The van der Waals surface area contributed by atoms with Crippen LogP contribution in [0.3, 0.4) is 0 Å². The largest absolute Gasteiger partial charge is 0.496 e. The molecule has 1 heterocycles. The average Bonchev–Trinajstić information content (AvgIpc) is 2.98. The van der Waals surface area contributed by atoms with Crippen LogP contribution < -0.4 is 10.2 Å². The fourth-order valence-electron chi connectivity index (χ4n) is 1.60. The van der Waals surface area contributed by atoms with E-state index in [1.54, 1.807) is 13.2 Å². The number of thiophene rings is 1. The van der Waals surface area contributed by atoms with Gasteiger partial charge in [-0.1, -0.05) is 18.2 Å². The third kappa shape index (κ3) is 3.20. The van der Waals surface area contributed by atoms with E-state index in [4.69, 9.17) is 4.74 Å². The lowest BCUT2D eigenvalue weighted by molar-refractivity contribution is 0.0959. The minimum Gasteiger partial charge on any atom is -0.496 e. The van der Waals surface area contributed by atoms with Gasteiger partial charge in [-0.05, 0) is 30.5 Å². The zero-order valence-electron chi connectivity index (χ0n) is 10.7. The Bertz CT molecular complexity index is 591. The molecule has 0 aliphatic heterocycles. The van der Waals surface area contributed by atoms with Crippen molar-refractivity contribution in [3.63, 3.8) is 0 Å². The van der Waals surface area contributed by atoms with Crippen LogP contribution >= 0.6 is 11.3 Å². The standard InChI is InChI=1S/C14H14N2O2S/c1-10(11-6-3-4-7-12(11)18-2)15-16-14(17)13-8-5-9-19-13/h3-9H,1-2H3,(H,16,17)/b15-10+. The van der Waals surface area contributed by atoms with E-state index in [-0.39, 0.29) is 5.91 Å². The van der Waals surface area contributed by atoms with Gasteiger partial charge in [-0.2, -0.15) is 5.10 Å². The Labute approximate surface area is 115 Å². The quantitative estimate of drug-likeness (QED) is 0.688. The van der Waals surface area contributed by atoms with Crippen molar-refractivity contribution in [2.75, 3.05) is 7.11 Å². The monoisotopic (exact) mass is 274 g/mol. The number of methoxy groups -OCH3 is 1. The highest BCUT2D eigenvalue weighted by molar-refractivity contribution is 7.12. The van der Waals surface area contributed by atoms with Crippen molar-refractivity contribution in [2.45, 2.75) is 6.92 Å². The SMILES string of the molecule is COc1ccccc1/C(C)=N/NC(=O)c1cccs1. The van der Waals surface area contributed by atoms with Gasteiger partial charge in [0.25, 0.3) is 5.91 Å². The molecule has 4 nitrogen and oxygen atoms in total. The van der Waals surface area contributed by atoms with Gasteiger partial charge in [0, 0.05) is 5.56 Å². The molecule has 0 saturated heterocycles. The number of nitrogens with zero attached hydrogens (tertiary/aromatic N) is 1. The Balaban J connectivity index is 2.13. The Hall–Kier alpha value is -2.14. The average molecular weight is 274 g/mol. The molecule has 0 unspecified atom stereocenters. The molecular weight excluding hydrogens is 260 g/mol. The second-order valence-corrected chi connectivity index (χ2v) is 4.76. The highest BCUT2D eigenvalue weighted by Gasteiger charge is 2.07. The predicted octanol–water partition coefficient (Wildman–Crippen LogP) is 2.91. The molecule has 0 bridgehead atoms. The molecule has 0 atom stereocenters. The molecule has 0 aliphatic carbocycles. The van der Waals surface area contributed by atoms with Gasteiger partial charge in [0.2, 0.25) is 0 Å². The Morgan fingerprint density at radius 1 is 1.26 bits per heavy atom. The van der Waals surface area contributed by atoms with E-state index in [1.165, 1.54) is 11.3 Å². The Morgan fingerprint density at radius 2 is 2.05 bits per heavy atom. The second kappa shape index (κ2) is 6.15. The van der Waals surface area contributed by atoms with Gasteiger partial charge in [-0.15, -0.1) is 11.3 Å². The van der Waals surface area contributed by atoms with Gasteiger partial charge >= 0.3 is 0 Å². The van der Waals surface area contributed by atoms with E-state index < -0.39 is 0 Å². The number of hydrogen-bond acceptors (Lipinski definition) is 4. The normalized spacial score (nSPS) is 11.2. The first-order valence-electron chi connectivity index (χ1n) is 5.74. The molecule has 1 aromatic heterocycles. The van der Waals surface area contributed by atoms with Crippen LogP contribution in [0.4, 0.5) is 0 Å². The van der Waals surface area contributed by atoms with Crippen LogP contribution in [0, 0.1) is 0 Å². The van der Waals surface area contributed by atoms with Crippen molar-refractivity contribution in [2.24, 2.45) is 5.10 Å². The van der Waals surface area contributed by atoms with Gasteiger partial charge in [0.15, 0.2) is 0 Å². The molecular formula is C14H14N2O2S. The maximum Gasteiger partial charge on any atom is 0.281 e. The number of amides is 1. The number of carbonyl (C=O) groups excluding carboxylic acids is 1. The molecule has 98 valence electrons. The van der Waals surface area contributed by atoms with Crippen LogP contribution in [-0.4, -0.2) is 18.7 Å². The number of nitrogens with one attached hydrogen (secondary N) is 1. The Kier molecular flexibility index (Phi) is 4.30. The zero-order chi connectivity index (χ0) is 13.7. The fraction of sp³-hybridized carbons (Fsp3) is 0.143. The topological polar surface area (TPSA) is 50.7 Å². The van der Waals surface area contributed by atoms with Gasteiger partial charge in [-0.3, -0.25) is 4.79 Å². The number of para-hydroxylation sites is 1. The summed E-state index contributed by atoms with van der Waals surface area (Å²) in [6.07, 6.45) is 0. The fourth-order valence-corrected chi connectivity index (χ4v) is 2.21. The van der Waals surface area contributed by atoms with E-state index in [0.717, 1.165) is 11.3 Å². The van der Waals surface area contributed by atoms with Crippen LogP contribution in [-0.2, 0) is 0 Å². The molecule has 2 rings (SSSR count). The Morgan fingerprint density at radius 3 is 2.74 bits per heavy atom. The van der Waals surface area contributed by atoms with Gasteiger partial charge in [0.1, 0.15) is 5.75 Å². The van der Waals surface area contributed by atoms with Crippen molar-refractivity contribution in [3.8, 4) is 5.75 Å². The lowest BCUT2D eigenvalue weighted by atomic mass is 10.1. The summed E-state index contributed by atoms with van der Waals surface area (Å²) in [5.41, 5.74) is 4.09. The number of hydrazone groups is 1. The molecule has 0 aliphatic rings. The molecule has 0 fully saturated rings. The summed E-state index contributed by atoms with van der Waals surface area (Å²) in [4.78, 5) is 12.4. The van der Waals surface area contributed by atoms with E-state index >= 15 is 0 Å². The minimum absolute atomic E-state index is 0.204. The predicted molar refractivity (Wildman–Crippen MR) is 77.0 cm³/mol. The molecule has 0 saturated carbocycles. The van der Waals surface area contributed by atoms with Crippen molar-refractivity contribution >= 4 is 23.0 Å². The van der Waals surface area contributed by atoms with Gasteiger partial charge in [-0.25, -0.2) is 5.43 Å². The van der Waals surface area contributed by atoms with Crippen molar-refractivity contribution in [1.82, 2.24) is 5.43 Å². The molecule has 1 N–H and O–H groups in total. The molecule has 19 heavy (non-hydrogen) atoms. The third-order valence-electron chi connectivity index (χ3n) is 2.57. The second-order valence-electron chi connectivity index (χ2n) is 3.82. The first-order valence-corrected chi connectivity index (χ1v) is 6.62. The van der Waals surface area contributed by atoms with Crippen LogP contribution in [0.25, 0.3) is 0 Å². The van der Waals surface area contributed by atoms with Crippen molar-refractivity contribution in [1.29, 1.82) is 0 Å². The third-order valence-corrected chi connectivity index (χ3v) is 3.44. The van der Waals surface area contributed by atoms with Crippen molar-refractivity contribution in [3.05, 3.63) is 52.2 Å². The highest BCUT2D eigenvalue weighted by Crippen LogP contribution is 2.18. The van der Waals surface area contributed by atoms with E-state index in [9.17, 15) is 4.79 Å². The molecule has 0 spiro atoms. The summed E-state index contributed by atoms with van der Waals surface area (Å²) in [7, 11) is 1.61. The summed E-state index contributed by atoms with van der Waals surface area (Å²) < 4.78 is 5.25. The number of ether oxygens (including phenoxy) is 1. The van der Waals surface area contributed by atoms with Crippen LogP contribution in [0.5, 0.6) is 5.75 Å². The lowest BCUT2D eigenvalue weighted by Gasteiger charge is -2.07. The minimum atomic E-state index is -0.204. The summed E-state index contributed by atoms with van der Waals surface area (Å²) in [6, 6.07) is 11.1. The first-order chi connectivity index (χ1) is 9.22. The summed E-state index contributed by atoms with van der Waals surface area (Å²) >= 11 is 1.38. The first kappa shape index (κ1) is 13.3. The van der Waals surface area contributed by atoms with Gasteiger partial charge < -0.3 is 4.74 Å². The van der Waals surface area contributed by atoms with E-state index in [2.05, 4.69) is 10.5 Å². The smallest absolute Gasteiger partial charge is 0.281 e. The van der Waals surface area contributed by atoms with Crippen LogP contribution in [0.1, 0.15) is 22.2 Å². The molecule has 1 aromatic carbocycles. The maximum absolute atomic E-state index is 11.8. The maximum atomic E-state index is 11.8. The summed E-state index contributed by atoms with van der Waals surface area (Å²) in [5.74, 6) is 0.526. The molecule has 5 heteroatoms. The number of hydrogen-bond donors (Lipinski definition) is 1. The molecule has 1 amide bonds. The zero-order valence-corrected chi connectivity index (χ0v) is 11.5. The highest BCUT2D eigenvalue weighted by atomic mass is 32.1. The molecule has 0 radical (unpaired) electrons. The van der Waals surface area contributed by atoms with E-state index in [1.807, 2.05) is 42.6 Å². The number of benzene rings is 1. The number of carbonyl (C=O) groups is 1. The summed E-state index contributed by atoms with van der Waals surface area (Å²) in [5, 5.41) is 5.96. The summed E-state index contributed by atoms with van der Waals surface area (Å²) in [6.45, 7) is 1.83. The number of rotatable bonds is 4. The van der Waals surface area contributed by atoms with Gasteiger partial charge in [0.05, 0.1) is 17.7 Å².